The number of hydrogen-bond donors (Lipinski definition) is 0. The second kappa shape index (κ2) is 8.90. The maximum atomic E-state index is 13.4. The van der Waals surface area contributed by atoms with Gasteiger partial charge < -0.3 is 14.2 Å². The molecule has 2 aromatic carbocycles. The number of benzene rings is 2. The van der Waals surface area contributed by atoms with Gasteiger partial charge >= 0.3 is 17.9 Å². The summed E-state index contributed by atoms with van der Waals surface area (Å²) in [6.45, 7) is 0. The number of carbonyl (C=O) groups is 3. The van der Waals surface area contributed by atoms with Crippen LogP contribution in [-0.2, 0) is 25.5 Å². The third-order valence-electron chi connectivity index (χ3n) is 5.51. The van der Waals surface area contributed by atoms with Gasteiger partial charge in [-0.05, 0) is 48.9 Å². The Bertz CT molecular complexity index is 887. The highest BCUT2D eigenvalue weighted by Gasteiger charge is 2.56. The summed E-state index contributed by atoms with van der Waals surface area (Å²) >= 11 is 0. The molecule has 6 nitrogen and oxygen atoms in total. The van der Waals surface area contributed by atoms with Crippen LogP contribution in [0.5, 0.6) is 5.75 Å². The van der Waals surface area contributed by atoms with Gasteiger partial charge in [-0.15, -0.1) is 0 Å². The van der Waals surface area contributed by atoms with Crippen LogP contribution in [0, 0.1) is 11.3 Å². The minimum atomic E-state index is -1.43. The Hall–Kier alpha value is -3.15. The Morgan fingerprint density at radius 2 is 1.66 bits per heavy atom. The Morgan fingerprint density at radius 1 is 0.931 bits per heavy atom. The van der Waals surface area contributed by atoms with Crippen molar-refractivity contribution in [3.63, 3.8) is 0 Å². The van der Waals surface area contributed by atoms with E-state index in [4.69, 9.17) is 14.2 Å². The highest BCUT2D eigenvalue weighted by atomic mass is 16.6. The van der Waals surface area contributed by atoms with Crippen molar-refractivity contribution in [2.24, 2.45) is 11.3 Å². The molecule has 0 N–H and O–H groups in total. The molecule has 0 amide bonds. The van der Waals surface area contributed by atoms with Crippen molar-refractivity contribution in [1.29, 1.82) is 0 Å². The zero-order chi connectivity index (χ0) is 20.9. The van der Waals surface area contributed by atoms with Crippen LogP contribution in [0.1, 0.15) is 35.2 Å². The molecule has 1 fully saturated rings. The van der Waals surface area contributed by atoms with E-state index in [1.807, 2.05) is 30.3 Å². The van der Waals surface area contributed by atoms with Crippen molar-refractivity contribution in [2.75, 3.05) is 14.2 Å². The van der Waals surface area contributed by atoms with E-state index in [0.29, 0.717) is 0 Å². The van der Waals surface area contributed by atoms with Crippen molar-refractivity contribution in [1.82, 2.24) is 0 Å². The van der Waals surface area contributed by atoms with Gasteiger partial charge in [0.15, 0.2) is 5.41 Å². The maximum Gasteiger partial charge on any atom is 0.337 e. The molecule has 0 bridgehead atoms. The van der Waals surface area contributed by atoms with Crippen LogP contribution in [-0.4, -0.2) is 32.1 Å². The number of methoxy groups -OCH3 is 2. The number of rotatable bonds is 7. The highest BCUT2D eigenvalue weighted by molar-refractivity contribution is 6.02. The predicted octanol–water partition coefficient (Wildman–Crippen LogP) is 3.58. The lowest BCUT2D eigenvalue weighted by molar-refractivity contribution is -0.173. The molecule has 0 radical (unpaired) electrons. The Balaban J connectivity index is 1.95. The van der Waals surface area contributed by atoms with Crippen molar-refractivity contribution >= 4 is 17.9 Å². The van der Waals surface area contributed by atoms with E-state index in [1.165, 1.54) is 20.3 Å². The van der Waals surface area contributed by atoms with Gasteiger partial charge in [-0.1, -0.05) is 42.8 Å². The van der Waals surface area contributed by atoms with Crippen LogP contribution >= 0.6 is 0 Å². The van der Waals surface area contributed by atoms with Crippen molar-refractivity contribution in [3.05, 3.63) is 65.7 Å². The monoisotopic (exact) mass is 396 g/mol. The van der Waals surface area contributed by atoms with E-state index in [9.17, 15) is 14.4 Å². The molecule has 6 heteroatoms. The van der Waals surface area contributed by atoms with Gasteiger partial charge in [0.25, 0.3) is 0 Å². The lowest BCUT2D eigenvalue weighted by Crippen LogP contribution is -2.52. The molecule has 0 saturated heterocycles. The van der Waals surface area contributed by atoms with Gasteiger partial charge in [0, 0.05) is 0 Å². The Morgan fingerprint density at radius 3 is 2.24 bits per heavy atom. The molecule has 2 aromatic rings. The summed E-state index contributed by atoms with van der Waals surface area (Å²) in [5, 5.41) is 0. The lowest BCUT2D eigenvalue weighted by Gasteiger charge is -2.41. The molecule has 1 atom stereocenters. The van der Waals surface area contributed by atoms with Crippen LogP contribution in [0.15, 0.2) is 54.6 Å². The van der Waals surface area contributed by atoms with E-state index in [1.54, 1.807) is 18.2 Å². The van der Waals surface area contributed by atoms with Crippen molar-refractivity contribution in [2.45, 2.75) is 25.7 Å². The molecule has 0 aromatic heterocycles. The topological polar surface area (TPSA) is 78.9 Å². The zero-order valence-electron chi connectivity index (χ0n) is 16.6. The summed E-state index contributed by atoms with van der Waals surface area (Å²) in [7, 11) is 2.56. The molecule has 0 aliphatic heterocycles. The first-order valence-corrected chi connectivity index (χ1v) is 9.54. The van der Waals surface area contributed by atoms with Crippen molar-refractivity contribution in [3.8, 4) is 5.75 Å². The SMILES string of the molecule is COC(=O)c1cccc(OC(=O)C(Cc2ccccc2)(C(=O)OC)C2CCC2)c1. The van der Waals surface area contributed by atoms with Crippen LogP contribution in [0.4, 0.5) is 0 Å². The third-order valence-corrected chi connectivity index (χ3v) is 5.51. The molecular formula is C23H24O6. The van der Waals surface area contributed by atoms with Crippen LogP contribution in [0.3, 0.4) is 0 Å². The molecule has 1 unspecified atom stereocenters. The molecule has 152 valence electrons. The average molecular weight is 396 g/mol. The van der Waals surface area contributed by atoms with Gasteiger partial charge in [-0.3, -0.25) is 9.59 Å². The fourth-order valence-electron chi connectivity index (χ4n) is 3.71. The number of hydrogen-bond acceptors (Lipinski definition) is 6. The second-order valence-corrected chi connectivity index (χ2v) is 7.16. The summed E-state index contributed by atoms with van der Waals surface area (Å²) < 4.78 is 15.4. The predicted molar refractivity (Wildman–Crippen MR) is 105 cm³/mol. The molecule has 1 saturated carbocycles. The smallest absolute Gasteiger partial charge is 0.337 e. The fraction of sp³-hybridized carbons (Fsp3) is 0.348. The normalized spacial score (nSPS) is 15.5. The first-order valence-electron chi connectivity index (χ1n) is 9.54. The van der Waals surface area contributed by atoms with E-state index < -0.39 is 23.3 Å². The van der Waals surface area contributed by atoms with Gasteiger partial charge in [0.05, 0.1) is 19.8 Å². The molecule has 0 heterocycles. The Kier molecular flexibility index (Phi) is 6.32. The number of carbonyl (C=O) groups excluding carboxylic acids is 3. The van der Waals surface area contributed by atoms with E-state index in [-0.39, 0.29) is 23.7 Å². The number of ether oxygens (including phenoxy) is 3. The van der Waals surface area contributed by atoms with Gasteiger partial charge in [-0.2, -0.15) is 0 Å². The summed E-state index contributed by atoms with van der Waals surface area (Å²) in [5.41, 5.74) is -0.325. The highest BCUT2D eigenvalue weighted by Crippen LogP contribution is 2.46. The first-order chi connectivity index (χ1) is 14.0. The minimum Gasteiger partial charge on any atom is -0.468 e. The van der Waals surface area contributed by atoms with Gasteiger partial charge in [0.2, 0.25) is 0 Å². The quantitative estimate of drug-likeness (QED) is 0.404. The largest absolute Gasteiger partial charge is 0.468 e. The van der Waals surface area contributed by atoms with Gasteiger partial charge in [-0.25, -0.2) is 4.79 Å². The second-order valence-electron chi connectivity index (χ2n) is 7.16. The molecule has 3 rings (SSSR count). The maximum absolute atomic E-state index is 13.4. The van der Waals surface area contributed by atoms with Gasteiger partial charge in [0.1, 0.15) is 5.75 Å². The van der Waals surface area contributed by atoms with E-state index in [0.717, 1.165) is 24.8 Å². The van der Waals surface area contributed by atoms with E-state index in [2.05, 4.69) is 0 Å². The third kappa shape index (κ3) is 4.16. The Labute approximate surface area is 169 Å². The van der Waals surface area contributed by atoms with Crippen molar-refractivity contribution < 1.29 is 28.6 Å². The van der Waals surface area contributed by atoms with Crippen LogP contribution in [0.25, 0.3) is 0 Å². The summed E-state index contributed by atoms with van der Waals surface area (Å²) in [6, 6.07) is 15.5. The minimum absolute atomic E-state index is 0.161. The lowest BCUT2D eigenvalue weighted by atomic mass is 9.62. The zero-order valence-corrected chi connectivity index (χ0v) is 16.6. The molecule has 1 aliphatic carbocycles. The molecule has 1 aliphatic rings. The summed E-state index contributed by atoms with van der Waals surface area (Å²) in [5.74, 6) is -1.78. The molecule has 0 spiro atoms. The van der Waals surface area contributed by atoms with E-state index >= 15 is 0 Å². The standard InChI is InChI=1S/C23H24O6/c1-27-20(24)17-10-6-13-19(14-17)29-22(26)23(21(25)28-2,18-11-7-12-18)15-16-8-4-3-5-9-16/h3-6,8-10,13-14,18H,7,11-12,15H2,1-2H3. The molecular weight excluding hydrogens is 372 g/mol. The average Bonchev–Trinajstić information content (AvgIpc) is 2.71. The summed E-state index contributed by atoms with van der Waals surface area (Å²) in [4.78, 5) is 38.1. The number of esters is 3. The summed E-state index contributed by atoms with van der Waals surface area (Å²) in [6.07, 6.45) is 2.64. The first kappa shape index (κ1) is 20.6. The fourth-order valence-corrected chi connectivity index (χ4v) is 3.71. The molecule has 29 heavy (non-hydrogen) atoms. The van der Waals surface area contributed by atoms with Crippen LogP contribution < -0.4 is 4.74 Å². The van der Waals surface area contributed by atoms with Crippen LogP contribution in [0.2, 0.25) is 0 Å².